The van der Waals surface area contributed by atoms with Crippen LogP contribution in [0.4, 0.5) is 0 Å². The van der Waals surface area contributed by atoms with Crippen molar-refractivity contribution in [1.29, 1.82) is 0 Å². The average molecular weight is 388 g/mol. The van der Waals surface area contributed by atoms with Gasteiger partial charge in [-0.2, -0.15) is 0 Å². The van der Waals surface area contributed by atoms with Crippen LogP contribution in [0, 0.1) is 0 Å². The molecule has 1 heteroatoms. The zero-order valence-electron chi connectivity index (χ0n) is 17.5. The Morgan fingerprint density at radius 1 is 0.633 bits per heavy atom. The molecule has 4 aromatic carbocycles. The number of rotatable bonds is 2. The van der Waals surface area contributed by atoms with Gasteiger partial charge in [-0.3, -0.25) is 0 Å². The molecule has 2 aliphatic rings. The second-order valence-corrected chi connectivity index (χ2v) is 8.86. The average Bonchev–Trinajstić information content (AvgIpc) is 3.06. The van der Waals surface area contributed by atoms with Crippen molar-refractivity contribution in [1.82, 2.24) is 4.90 Å². The Kier molecular flexibility index (Phi) is 3.78. The molecule has 0 heterocycles. The molecule has 0 amide bonds. The molecule has 0 bridgehead atoms. The number of fused-ring (bicyclic) bond motifs is 9. The summed E-state index contributed by atoms with van der Waals surface area (Å²) in [5.41, 5.74) is 12.6. The fraction of sp³-hybridized carbons (Fsp3) is 0.172. The van der Waals surface area contributed by atoms with Crippen molar-refractivity contribution in [3.8, 4) is 11.1 Å². The predicted molar refractivity (Wildman–Crippen MR) is 124 cm³/mol. The van der Waals surface area contributed by atoms with E-state index in [2.05, 4.69) is 110 Å². The Balaban J connectivity index is 1.80. The molecule has 0 radical (unpaired) electrons. The van der Waals surface area contributed by atoms with E-state index in [1.54, 1.807) is 0 Å². The molecular weight excluding hydrogens is 362 g/mol. The van der Waals surface area contributed by atoms with Gasteiger partial charge in [0.2, 0.25) is 0 Å². The summed E-state index contributed by atoms with van der Waals surface area (Å²) in [6, 6.07) is 34.1. The van der Waals surface area contributed by atoms with Crippen molar-refractivity contribution in [2.75, 3.05) is 14.1 Å². The molecule has 0 atom stereocenters. The number of hydrogen-bond donors (Lipinski definition) is 0. The van der Waals surface area contributed by atoms with Gasteiger partial charge >= 0.3 is 0 Å². The van der Waals surface area contributed by atoms with Gasteiger partial charge in [0.15, 0.2) is 0 Å². The first-order valence-electron chi connectivity index (χ1n) is 10.7. The molecule has 4 aromatic rings. The molecule has 30 heavy (non-hydrogen) atoms. The lowest BCUT2D eigenvalue weighted by atomic mass is 9.61. The first-order valence-corrected chi connectivity index (χ1v) is 10.7. The Morgan fingerprint density at radius 2 is 1.20 bits per heavy atom. The lowest BCUT2D eigenvalue weighted by molar-refractivity contribution is 0.403. The van der Waals surface area contributed by atoms with Gasteiger partial charge in [-0.1, -0.05) is 91.0 Å². The van der Waals surface area contributed by atoms with Crippen LogP contribution in [0.2, 0.25) is 0 Å². The maximum atomic E-state index is 2.37. The fourth-order valence-corrected chi connectivity index (χ4v) is 5.89. The van der Waals surface area contributed by atoms with Crippen molar-refractivity contribution < 1.29 is 0 Å². The van der Waals surface area contributed by atoms with Crippen LogP contribution in [0.1, 0.15) is 38.9 Å². The number of nitrogens with zero attached hydrogens (tertiary/aromatic N) is 1. The third-order valence-corrected chi connectivity index (χ3v) is 6.87. The van der Waals surface area contributed by atoms with Crippen LogP contribution in [0.25, 0.3) is 11.1 Å². The highest BCUT2D eigenvalue weighted by Gasteiger charge is 2.49. The van der Waals surface area contributed by atoms with E-state index in [0.29, 0.717) is 0 Å². The Morgan fingerprint density at radius 3 is 1.87 bits per heavy atom. The van der Waals surface area contributed by atoms with Crippen LogP contribution in [0.3, 0.4) is 0 Å². The topological polar surface area (TPSA) is 3.24 Å². The number of benzene rings is 4. The Hall–Kier alpha value is -3.16. The summed E-state index contributed by atoms with van der Waals surface area (Å²) in [6.45, 7) is 0.941. The Bertz CT molecular complexity index is 1240. The lowest BCUT2D eigenvalue weighted by Gasteiger charge is -2.40. The van der Waals surface area contributed by atoms with Gasteiger partial charge in [-0.25, -0.2) is 0 Å². The zero-order chi connectivity index (χ0) is 20.3. The minimum absolute atomic E-state index is 0.236. The smallest absolute Gasteiger partial charge is 0.0719 e. The molecule has 0 saturated heterocycles. The quantitative estimate of drug-likeness (QED) is 0.351. The van der Waals surface area contributed by atoms with E-state index in [9.17, 15) is 0 Å². The van der Waals surface area contributed by atoms with Crippen LogP contribution in [-0.2, 0) is 18.4 Å². The van der Waals surface area contributed by atoms with Gasteiger partial charge in [0, 0.05) is 6.54 Å². The second-order valence-electron chi connectivity index (χ2n) is 8.86. The molecule has 6 rings (SSSR count). The van der Waals surface area contributed by atoms with E-state index in [0.717, 1.165) is 13.0 Å². The van der Waals surface area contributed by atoms with Crippen molar-refractivity contribution in [2.45, 2.75) is 18.4 Å². The van der Waals surface area contributed by atoms with E-state index in [4.69, 9.17) is 0 Å². The molecule has 0 aliphatic heterocycles. The third kappa shape index (κ3) is 2.21. The van der Waals surface area contributed by atoms with Crippen LogP contribution in [0.5, 0.6) is 0 Å². The first kappa shape index (κ1) is 17.7. The van der Waals surface area contributed by atoms with Gasteiger partial charge in [-0.05, 0) is 70.6 Å². The molecule has 0 aromatic heterocycles. The zero-order valence-corrected chi connectivity index (χ0v) is 17.5. The largest absolute Gasteiger partial charge is 0.305 e. The summed E-state index contributed by atoms with van der Waals surface area (Å²) in [6.07, 6.45) is 1.00. The second kappa shape index (κ2) is 6.42. The minimum atomic E-state index is -0.236. The van der Waals surface area contributed by atoms with Crippen LogP contribution in [-0.4, -0.2) is 19.0 Å². The van der Waals surface area contributed by atoms with E-state index in [1.807, 2.05) is 0 Å². The molecule has 0 N–H and O–H groups in total. The van der Waals surface area contributed by atoms with Crippen LogP contribution in [0.15, 0.2) is 91.0 Å². The normalized spacial score (nSPS) is 14.9. The standard InChI is InChI=1S/C29H25N/c1-30(2)19-22-12-9-17-27-28(22)23-13-5-8-16-26(23)29(27)24-14-6-3-10-20(24)18-21-11-4-7-15-25(21)29/h3-17H,18-19H2,1-2H3. The van der Waals surface area contributed by atoms with Gasteiger partial charge < -0.3 is 4.90 Å². The van der Waals surface area contributed by atoms with Gasteiger partial charge in [0.05, 0.1) is 5.41 Å². The van der Waals surface area contributed by atoms with E-state index < -0.39 is 0 Å². The maximum absolute atomic E-state index is 2.37. The molecule has 0 unspecified atom stereocenters. The van der Waals surface area contributed by atoms with Crippen molar-refractivity contribution in [3.63, 3.8) is 0 Å². The summed E-state index contributed by atoms with van der Waals surface area (Å²) >= 11 is 0. The molecule has 0 fully saturated rings. The van der Waals surface area contributed by atoms with E-state index >= 15 is 0 Å². The maximum Gasteiger partial charge on any atom is 0.0719 e. The lowest BCUT2D eigenvalue weighted by Crippen LogP contribution is -2.34. The van der Waals surface area contributed by atoms with Gasteiger partial charge in [0.25, 0.3) is 0 Å². The van der Waals surface area contributed by atoms with Crippen molar-refractivity contribution in [3.05, 3.63) is 130 Å². The minimum Gasteiger partial charge on any atom is -0.305 e. The number of hydrogen-bond acceptors (Lipinski definition) is 1. The van der Waals surface area contributed by atoms with Crippen LogP contribution < -0.4 is 0 Å². The Labute approximate surface area is 178 Å². The van der Waals surface area contributed by atoms with Crippen LogP contribution >= 0.6 is 0 Å². The van der Waals surface area contributed by atoms with Gasteiger partial charge in [0.1, 0.15) is 0 Å². The summed E-state index contributed by atoms with van der Waals surface area (Å²) in [7, 11) is 4.31. The highest BCUT2D eigenvalue weighted by Crippen LogP contribution is 2.59. The monoisotopic (exact) mass is 387 g/mol. The molecule has 2 aliphatic carbocycles. The SMILES string of the molecule is CN(C)Cc1cccc2c1-c1ccccc1C21c2ccccc2Cc2ccccc21. The molecular formula is C29H25N. The fourth-order valence-electron chi connectivity index (χ4n) is 5.89. The van der Waals surface area contributed by atoms with E-state index in [-0.39, 0.29) is 5.41 Å². The van der Waals surface area contributed by atoms with Gasteiger partial charge in [-0.15, -0.1) is 0 Å². The summed E-state index contributed by atoms with van der Waals surface area (Å²) in [5, 5.41) is 0. The predicted octanol–water partition coefficient (Wildman–Crippen LogP) is 6.02. The molecule has 1 nitrogen and oxygen atoms in total. The molecule has 1 spiro atoms. The van der Waals surface area contributed by atoms with E-state index in [1.165, 1.54) is 50.1 Å². The first-order chi connectivity index (χ1) is 14.7. The summed E-state index contributed by atoms with van der Waals surface area (Å²) in [4.78, 5) is 2.27. The van der Waals surface area contributed by atoms with Crippen molar-refractivity contribution in [2.24, 2.45) is 0 Å². The molecule has 0 saturated carbocycles. The molecule has 146 valence electrons. The summed E-state index contributed by atoms with van der Waals surface area (Å²) in [5.74, 6) is 0. The highest BCUT2D eigenvalue weighted by molar-refractivity contribution is 5.89. The van der Waals surface area contributed by atoms with Crippen molar-refractivity contribution >= 4 is 0 Å². The summed E-state index contributed by atoms with van der Waals surface area (Å²) < 4.78 is 0. The highest BCUT2D eigenvalue weighted by atomic mass is 15.0. The third-order valence-electron chi connectivity index (χ3n) is 6.87.